The fourth-order valence-corrected chi connectivity index (χ4v) is 2.54. The molecule has 0 saturated carbocycles. The number of benzene rings is 1. The van der Waals surface area contributed by atoms with E-state index in [1.807, 2.05) is 18.2 Å². The maximum Gasteiger partial charge on any atom is 0.123 e. The Morgan fingerprint density at radius 1 is 1.61 bits per heavy atom. The Kier molecular flexibility index (Phi) is 4.83. The molecule has 0 amide bonds. The Balaban J connectivity index is 2.17. The Morgan fingerprint density at radius 2 is 2.44 bits per heavy atom. The molecule has 3 N–H and O–H groups in total. The van der Waals surface area contributed by atoms with Crippen LogP contribution in [0.5, 0.6) is 5.75 Å². The van der Waals surface area contributed by atoms with E-state index in [1.165, 1.54) is 0 Å². The van der Waals surface area contributed by atoms with Crippen molar-refractivity contribution in [1.82, 2.24) is 5.43 Å². The quantitative estimate of drug-likeness (QED) is 0.637. The van der Waals surface area contributed by atoms with Crippen LogP contribution in [0.3, 0.4) is 0 Å². The molecule has 0 spiro atoms. The molecular formula is C13H19ClN2O2. The summed E-state index contributed by atoms with van der Waals surface area (Å²) in [4.78, 5) is 0. The second-order valence-electron chi connectivity index (χ2n) is 4.48. The predicted molar refractivity (Wildman–Crippen MR) is 71.7 cm³/mol. The zero-order valence-corrected chi connectivity index (χ0v) is 11.2. The first-order valence-corrected chi connectivity index (χ1v) is 6.53. The number of methoxy groups -OCH3 is 1. The van der Waals surface area contributed by atoms with Crippen molar-refractivity contribution in [3.63, 3.8) is 0 Å². The third-order valence-corrected chi connectivity index (χ3v) is 3.53. The first-order chi connectivity index (χ1) is 8.74. The van der Waals surface area contributed by atoms with Crippen LogP contribution in [0.1, 0.15) is 30.9 Å². The van der Waals surface area contributed by atoms with E-state index in [4.69, 9.17) is 26.9 Å². The van der Waals surface area contributed by atoms with Gasteiger partial charge in [0, 0.05) is 17.2 Å². The third-order valence-electron chi connectivity index (χ3n) is 3.29. The molecular weight excluding hydrogens is 252 g/mol. The molecule has 5 heteroatoms. The number of ether oxygens (including phenoxy) is 2. The van der Waals surface area contributed by atoms with Gasteiger partial charge in [-0.15, -0.1) is 0 Å². The molecule has 0 aromatic heterocycles. The molecule has 100 valence electrons. The van der Waals surface area contributed by atoms with Gasteiger partial charge in [-0.3, -0.25) is 11.3 Å². The molecule has 0 aliphatic carbocycles. The summed E-state index contributed by atoms with van der Waals surface area (Å²) < 4.78 is 11.0. The molecule has 18 heavy (non-hydrogen) atoms. The van der Waals surface area contributed by atoms with Gasteiger partial charge in [-0.2, -0.15) is 0 Å². The molecule has 1 saturated heterocycles. The maximum atomic E-state index is 6.04. The average molecular weight is 271 g/mol. The SMILES string of the molecule is COc1ccc(Cl)cc1C(CC1CCCO1)NN. The van der Waals surface area contributed by atoms with Gasteiger partial charge in [0.1, 0.15) is 5.75 Å². The van der Waals surface area contributed by atoms with Gasteiger partial charge in [0.2, 0.25) is 0 Å². The number of nitrogens with one attached hydrogen (secondary N) is 1. The van der Waals surface area contributed by atoms with Crippen LogP contribution in [-0.4, -0.2) is 19.8 Å². The van der Waals surface area contributed by atoms with Crippen LogP contribution in [0, 0.1) is 0 Å². The highest BCUT2D eigenvalue weighted by molar-refractivity contribution is 6.30. The second kappa shape index (κ2) is 6.38. The fraction of sp³-hybridized carbons (Fsp3) is 0.538. The van der Waals surface area contributed by atoms with E-state index in [-0.39, 0.29) is 12.1 Å². The molecule has 0 radical (unpaired) electrons. The largest absolute Gasteiger partial charge is 0.496 e. The minimum atomic E-state index is -0.0123. The van der Waals surface area contributed by atoms with Crippen LogP contribution in [0.25, 0.3) is 0 Å². The van der Waals surface area contributed by atoms with Gasteiger partial charge >= 0.3 is 0 Å². The standard InChI is InChI=1S/C13H19ClN2O2/c1-17-13-5-4-9(14)7-11(13)12(16-15)8-10-3-2-6-18-10/h4-5,7,10,12,16H,2-3,6,8,15H2,1H3. The summed E-state index contributed by atoms with van der Waals surface area (Å²) in [5, 5.41) is 0.679. The Hall–Kier alpha value is -0.810. The van der Waals surface area contributed by atoms with Gasteiger partial charge in [0.25, 0.3) is 0 Å². The monoisotopic (exact) mass is 270 g/mol. The van der Waals surface area contributed by atoms with E-state index in [2.05, 4.69) is 5.43 Å². The lowest BCUT2D eigenvalue weighted by Gasteiger charge is -2.22. The summed E-state index contributed by atoms with van der Waals surface area (Å²) in [7, 11) is 1.65. The minimum Gasteiger partial charge on any atom is -0.496 e. The molecule has 2 rings (SSSR count). The summed E-state index contributed by atoms with van der Waals surface area (Å²) in [5.74, 6) is 6.44. The van der Waals surface area contributed by atoms with E-state index >= 15 is 0 Å². The van der Waals surface area contributed by atoms with Crippen molar-refractivity contribution in [2.24, 2.45) is 5.84 Å². The number of hydrogen-bond acceptors (Lipinski definition) is 4. The maximum absolute atomic E-state index is 6.04. The van der Waals surface area contributed by atoms with Crippen LogP contribution in [-0.2, 0) is 4.74 Å². The Morgan fingerprint density at radius 3 is 3.06 bits per heavy atom. The molecule has 1 aromatic rings. The van der Waals surface area contributed by atoms with Crippen LogP contribution in [0.4, 0.5) is 0 Å². The van der Waals surface area contributed by atoms with Gasteiger partial charge in [0.05, 0.1) is 19.3 Å². The normalized spacial score (nSPS) is 20.9. The van der Waals surface area contributed by atoms with Crippen molar-refractivity contribution < 1.29 is 9.47 Å². The van der Waals surface area contributed by atoms with Crippen LogP contribution in [0.2, 0.25) is 5.02 Å². The summed E-state index contributed by atoms with van der Waals surface area (Å²) in [6.45, 7) is 0.842. The fourth-order valence-electron chi connectivity index (χ4n) is 2.36. The highest BCUT2D eigenvalue weighted by Gasteiger charge is 2.23. The Labute approximate surface area is 112 Å². The second-order valence-corrected chi connectivity index (χ2v) is 4.91. The van der Waals surface area contributed by atoms with Crippen LogP contribution >= 0.6 is 11.6 Å². The molecule has 1 heterocycles. The summed E-state index contributed by atoms with van der Waals surface area (Å²) in [6.07, 6.45) is 3.29. The molecule has 1 aliphatic rings. The van der Waals surface area contributed by atoms with Crippen molar-refractivity contribution in [2.75, 3.05) is 13.7 Å². The zero-order valence-electron chi connectivity index (χ0n) is 10.5. The van der Waals surface area contributed by atoms with Gasteiger partial charge < -0.3 is 9.47 Å². The van der Waals surface area contributed by atoms with Crippen molar-refractivity contribution in [1.29, 1.82) is 0 Å². The average Bonchev–Trinajstić information content (AvgIpc) is 2.88. The lowest BCUT2D eigenvalue weighted by atomic mass is 9.99. The smallest absolute Gasteiger partial charge is 0.123 e. The van der Waals surface area contributed by atoms with E-state index in [0.717, 1.165) is 37.2 Å². The lowest BCUT2D eigenvalue weighted by molar-refractivity contribution is 0.0943. The molecule has 1 aliphatic heterocycles. The molecule has 2 atom stereocenters. The minimum absolute atomic E-state index is 0.0123. The van der Waals surface area contributed by atoms with E-state index in [0.29, 0.717) is 5.02 Å². The number of nitrogens with two attached hydrogens (primary N) is 1. The van der Waals surface area contributed by atoms with E-state index in [9.17, 15) is 0 Å². The number of rotatable bonds is 5. The first kappa shape index (κ1) is 13.6. The van der Waals surface area contributed by atoms with E-state index in [1.54, 1.807) is 7.11 Å². The van der Waals surface area contributed by atoms with Crippen LogP contribution in [0.15, 0.2) is 18.2 Å². The number of hydrazine groups is 1. The molecule has 4 nitrogen and oxygen atoms in total. The van der Waals surface area contributed by atoms with E-state index < -0.39 is 0 Å². The van der Waals surface area contributed by atoms with Crippen molar-refractivity contribution in [3.8, 4) is 5.75 Å². The van der Waals surface area contributed by atoms with Gasteiger partial charge in [-0.1, -0.05) is 11.6 Å². The summed E-state index contributed by atoms with van der Waals surface area (Å²) in [6, 6.07) is 5.54. The van der Waals surface area contributed by atoms with Crippen molar-refractivity contribution >= 4 is 11.6 Å². The highest BCUT2D eigenvalue weighted by atomic mass is 35.5. The highest BCUT2D eigenvalue weighted by Crippen LogP contribution is 2.32. The Bertz CT molecular complexity index is 395. The topological polar surface area (TPSA) is 56.5 Å². The summed E-state index contributed by atoms with van der Waals surface area (Å²) in [5.41, 5.74) is 3.80. The molecule has 0 bridgehead atoms. The van der Waals surface area contributed by atoms with Gasteiger partial charge in [0.15, 0.2) is 0 Å². The number of hydrogen-bond donors (Lipinski definition) is 2. The van der Waals surface area contributed by atoms with Crippen molar-refractivity contribution in [2.45, 2.75) is 31.4 Å². The number of halogens is 1. The summed E-state index contributed by atoms with van der Waals surface area (Å²) >= 11 is 6.04. The van der Waals surface area contributed by atoms with Gasteiger partial charge in [-0.25, -0.2) is 0 Å². The van der Waals surface area contributed by atoms with Crippen molar-refractivity contribution in [3.05, 3.63) is 28.8 Å². The predicted octanol–water partition coefficient (Wildman–Crippen LogP) is 2.42. The van der Waals surface area contributed by atoms with Crippen LogP contribution < -0.4 is 16.0 Å². The third kappa shape index (κ3) is 3.14. The van der Waals surface area contributed by atoms with Gasteiger partial charge in [-0.05, 0) is 37.5 Å². The zero-order chi connectivity index (χ0) is 13.0. The molecule has 1 fully saturated rings. The molecule has 1 aromatic carbocycles. The first-order valence-electron chi connectivity index (χ1n) is 6.15. The lowest BCUT2D eigenvalue weighted by Crippen LogP contribution is -2.31. The molecule has 2 unspecified atom stereocenters.